The predicted molar refractivity (Wildman–Crippen MR) is 108 cm³/mol. The van der Waals surface area contributed by atoms with Crippen LogP contribution in [0.15, 0.2) is 52.7 Å². The predicted octanol–water partition coefficient (Wildman–Crippen LogP) is 2.19. The Balaban J connectivity index is 2.30. The molecule has 0 spiro atoms. The maximum atomic E-state index is 13.1. The smallest absolute Gasteiger partial charge is 0.329 e. The fourth-order valence-corrected chi connectivity index (χ4v) is 4.58. The number of hydrogen-bond acceptors (Lipinski definition) is 6. The van der Waals surface area contributed by atoms with Gasteiger partial charge in [0.25, 0.3) is 0 Å². The number of ketones is 1. The van der Waals surface area contributed by atoms with Crippen LogP contribution in [-0.2, 0) is 19.1 Å². The molecule has 1 amide bonds. The molecule has 0 aliphatic carbocycles. The molecule has 0 radical (unpaired) electrons. The summed E-state index contributed by atoms with van der Waals surface area (Å²) in [5, 5.41) is 10.3. The zero-order chi connectivity index (χ0) is 21.3. The molecule has 0 saturated carbocycles. The first-order valence-corrected chi connectivity index (χ1v) is 9.88. The second-order valence-corrected chi connectivity index (χ2v) is 7.89. The number of amides is 1. The molecule has 2 N–H and O–H groups in total. The van der Waals surface area contributed by atoms with Gasteiger partial charge in [-0.1, -0.05) is 40.2 Å². The van der Waals surface area contributed by atoms with E-state index in [4.69, 9.17) is 10.5 Å². The fraction of sp³-hybridized carbons (Fsp3) is 0.333. The highest BCUT2D eigenvalue weighted by atomic mass is 79.9. The van der Waals surface area contributed by atoms with Crippen LogP contribution in [0.1, 0.15) is 25.3 Å². The Kier molecular flexibility index (Phi) is 5.62. The third kappa shape index (κ3) is 3.25. The normalized spacial score (nSPS) is 27.6. The van der Waals surface area contributed by atoms with Crippen LogP contribution >= 0.6 is 15.9 Å². The number of Topliss-reactive ketones (excluding diaryl/α,β-unsaturated/α-hetero) is 1. The highest BCUT2D eigenvalue weighted by Crippen LogP contribution is 2.53. The van der Waals surface area contributed by atoms with E-state index < -0.39 is 35.3 Å². The molecule has 8 heteroatoms. The van der Waals surface area contributed by atoms with E-state index in [1.165, 1.54) is 13.1 Å². The van der Waals surface area contributed by atoms with Crippen LogP contribution in [0.25, 0.3) is 0 Å². The van der Waals surface area contributed by atoms with Crippen LogP contribution in [-0.4, -0.2) is 41.3 Å². The van der Waals surface area contributed by atoms with Gasteiger partial charge in [-0.25, -0.2) is 0 Å². The van der Waals surface area contributed by atoms with Crippen LogP contribution in [0, 0.1) is 16.7 Å². The first kappa shape index (κ1) is 20.8. The summed E-state index contributed by atoms with van der Waals surface area (Å²) in [6.07, 6.45) is 4.67. The van der Waals surface area contributed by atoms with Crippen LogP contribution in [0.4, 0.5) is 0 Å². The second kappa shape index (κ2) is 7.84. The lowest BCUT2D eigenvalue weighted by molar-refractivity contribution is -0.153. The van der Waals surface area contributed by atoms with E-state index in [0.717, 1.165) is 4.47 Å². The van der Waals surface area contributed by atoms with Crippen molar-refractivity contribution in [2.45, 2.75) is 31.8 Å². The molecule has 2 heterocycles. The molecule has 3 rings (SSSR count). The molecule has 4 atom stereocenters. The Morgan fingerprint density at radius 3 is 2.66 bits per heavy atom. The summed E-state index contributed by atoms with van der Waals surface area (Å²) < 4.78 is 6.01. The number of nitrogens with two attached hydrogens (primary N) is 1. The van der Waals surface area contributed by atoms with Crippen molar-refractivity contribution >= 4 is 33.6 Å². The van der Waals surface area contributed by atoms with Crippen molar-refractivity contribution in [3.8, 4) is 6.07 Å². The number of esters is 1. The molecular weight excluding hydrogens is 438 g/mol. The van der Waals surface area contributed by atoms with Crippen molar-refractivity contribution in [3.05, 3.63) is 58.2 Å². The lowest BCUT2D eigenvalue weighted by Crippen LogP contribution is -2.45. The van der Waals surface area contributed by atoms with Crippen molar-refractivity contribution in [2.75, 3.05) is 6.61 Å². The van der Waals surface area contributed by atoms with Crippen molar-refractivity contribution in [2.24, 2.45) is 11.1 Å². The number of primary amides is 1. The summed E-state index contributed by atoms with van der Waals surface area (Å²) in [7, 11) is 0. The van der Waals surface area contributed by atoms with Crippen LogP contribution in [0.2, 0.25) is 0 Å². The average molecular weight is 458 g/mol. The summed E-state index contributed by atoms with van der Waals surface area (Å²) in [6, 6.07) is 7.39. The van der Waals surface area contributed by atoms with E-state index in [1.54, 1.807) is 48.2 Å². The number of nitriles is 1. The van der Waals surface area contributed by atoms with Crippen molar-refractivity contribution in [3.63, 3.8) is 0 Å². The number of carbonyl (C=O) groups is 3. The summed E-state index contributed by atoms with van der Waals surface area (Å²) in [5.41, 5.74) is 4.99. The molecule has 29 heavy (non-hydrogen) atoms. The minimum absolute atomic E-state index is 0.0830. The van der Waals surface area contributed by atoms with Gasteiger partial charge < -0.3 is 15.4 Å². The standard InChI is InChI=1S/C21H20BrN3O4/c1-3-29-20(28)21(11-23)16-8-7-14(12(2)26)10-25(16)18(19(24)27)17(21)13-5-4-6-15(22)9-13/h4-10,16-18H,3H2,1-2H3,(H2,24,27)/t16-,17+,18-,21+/m0/s1. The molecule has 7 nitrogen and oxygen atoms in total. The summed E-state index contributed by atoms with van der Waals surface area (Å²) in [6.45, 7) is 3.14. The van der Waals surface area contributed by atoms with E-state index in [9.17, 15) is 19.6 Å². The minimum Gasteiger partial charge on any atom is -0.465 e. The first-order chi connectivity index (χ1) is 13.8. The maximum absolute atomic E-state index is 13.1. The van der Waals surface area contributed by atoms with Gasteiger partial charge in [0, 0.05) is 22.2 Å². The quantitative estimate of drug-likeness (QED) is 0.677. The molecule has 150 valence electrons. The number of carbonyl (C=O) groups excluding carboxylic acids is 3. The lowest BCUT2D eigenvalue weighted by atomic mass is 9.68. The Morgan fingerprint density at radius 1 is 1.38 bits per heavy atom. The third-order valence-electron chi connectivity index (χ3n) is 5.37. The van der Waals surface area contributed by atoms with Crippen LogP contribution in [0.5, 0.6) is 0 Å². The molecule has 1 saturated heterocycles. The van der Waals surface area contributed by atoms with E-state index >= 15 is 0 Å². The van der Waals surface area contributed by atoms with E-state index in [-0.39, 0.29) is 12.4 Å². The molecule has 0 aromatic heterocycles. The zero-order valence-electron chi connectivity index (χ0n) is 16.0. The van der Waals surface area contributed by atoms with Gasteiger partial charge in [0.15, 0.2) is 11.2 Å². The SMILES string of the molecule is CCOC(=O)[C@@]1(C#N)[C@H](c2cccc(Br)c2)[C@@H](C(N)=O)N2C=C(C(C)=O)C=C[C@H]21. The lowest BCUT2D eigenvalue weighted by Gasteiger charge is -2.32. The van der Waals surface area contributed by atoms with Gasteiger partial charge in [0.2, 0.25) is 5.91 Å². The van der Waals surface area contributed by atoms with Gasteiger partial charge in [0.1, 0.15) is 6.04 Å². The number of hydrogen-bond donors (Lipinski definition) is 1. The number of benzene rings is 1. The van der Waals surface area contributed by atoms with E-state index in [2.05, 4.69) is 22.0 Å². The number of allylic oxidation sites excluding steroid dienone is 2. The summed E-state index contributed by atoms with van der Waals surface area (Å²) in [5.74, 6) is -2.52. The number of halogens is 1. The summed E-state index contributed by atoms with van der Waals surface area (Å²) in [4.78, 5) is 39.2. The topological polar surface area (TPSA) is 113 Å². The van der Waals surface area contributed by atoms with Gasteiger partial charge in [0.05, 0.1) is 18.7 Å². The molecule has 0 bridgehead atoms. The number of rotatable bonds is 5. The Labute approximate surface area is 176 Å². The highest BCUT2D eigenvalue weighted by molar-refractivity contribution is 9.10. The monoisotopic (exact) mass is 457 g/mol. The van der Waals surface area contributed by atoms with Gasteiger partial charge in [-0.3, -0.25) is 14.4 Å². The van der Waals surface area contributed by atoms with Gasteiger partial charge >= 0.3 is 5.97 Å². The van der Waals surface area contributed by atoms with Gasteiger partial charge in [-0.15, -0.1) is 0 Å². The fourth-order valence-electron chi connectivity index (χ4n) is 4.17. The van der Waals surface area contributed by atoms with Crippen molar-refractivity contribution < 1.29 is 19.1 Å². The molecule has 0 unspecified atom stereocenters. The second-order valence-electron chi connectivity index (χ2n) is 6.97. The molecule has 1 aromatic rings. The Bertz CT molecular complexity index is 980. The number of nitrogens with zero attached hydrogens (tertiary/aromatic N) is 2. The Morgan fingerprint density at radius 2 is 2.10 bits per heavy atom. The Hall–Kier alpha value is -2.92. The van der Waals surface area contributed by atoms with Gasteiger partial charge in [-0.2, -0.15) is 5.26 Å². The van der Waals surface area contributed by atoms with Crippen molar-refractivity contribution in [1.29, 1.82) is 5.26 Å². The van der Waals surface area contributed by atoms with E-state index in [0.29, 0.717) is 11.1 Å². The molecule has 2 aliphatic heterocycles. The van der Waals surface area contributed by atoms with E-state index in [1.807, 2.05) is 0 Å². The van der Waals surface area contributed by atoms with Crippen LogP contribution < -0.4 is 5.73 Å². The first-order valence-electron chi connectivity index (χ1n) is 9.09. The van der Waals surface area contributed by atoms with Crippen LogP contribution in [0.3, 0.4) is 0 Å². The maximum Gasteiger partial charge on any atom is 0.329 e. The third-order valence-corrected chi connectivity index (χ3v) is 5.86. The zero-order valence-corrected chi connectivity index (χ0v) is 17.5. The number of ether oxygens (including phenoxy) is 1. The van der Waals surface area contributed by atoms with Gasteiger partial charge in [-0.05, 0) is 31.5 Å². The number of fused-ring (bicyclic) bond motifs is 1. The average Bonchev–Trinajstić information content (AvgIpc) is 2.99. The summed E-state index contributed by atoms with van der Waals surface area (Å²) >= 11 is 3.40. The largest absolute Gasteiger partial charge is 0.465 e. The molecule has 1 fully saturated rings. The van der Waals surface area contributed by atoms with Crippen molar-refractivity contribution in [1.82, 2.24) is 4.90 Å². The molecule has 2 aliphatic rings. The minimum atomic E-state index is -1.72. The molecular formula is C21H20BrN3O4. The molecule has 1 aromatic carbocycles. The highest BCUT2D eigenvalue weighted by Gasteiger charge is 2.66.